The minimum atomic E-state index is -5.84. The Morgan fingerprint density at radius 3 is 1.87 bits per heavy atom. The fourth-order valence-corrected chi connectivity index (χ4v) is 0.377. The molecule has 0 saturated carbocycles. The van der Waals surface area contributed by atoms with Gasteiger partial charge < -0.3 is 4.98 Å². The Bertz CT molecular complexity index is 432. The van der Waals surface area contributed by atoms with Gasteiger partial charge in [0.2, 0.25) is 5.56 Å². The van der Waals surface area contributed by atoms with Crippen molar-refractivity contribution >= 4 is 10.1 Å². The summed E-state index contributed by atoms with van der Waals surface area (Å²) in [6, 6.07) is 4.93. The average molecular weight is 245 g/mol. The van der Waals surface area contributed by atoms with Gasteiger partial charge in [0.25, 0.3) is 0 Å². The minimum absolute atomic E-state index is 0.0532. The second-order valence-electron chi connectivity index (χ2n) is 2.15. The molecule has 0 aliphatic rings. The largest absolute Gasteiger partial charge is 0.522 e. The summed E-state index contributed by atoms with van der Waals surface area (Å²) in [6.45, 7) is 0. The van der Waals surface area contributed by atoms with Gasteiger partial charge in [0.1, 0.15) is 0 Å². The molecule has 0 radical (unpaired) electrons. The van der Waals surface area contributed by atoms with E-state index in [1.165, 1.54) is 6.07 Å². The van der Waals surface area contributed by atoms with E-state index in [-0.39, 0.29) is 5.56 Å². The van der Waals surface area contributed by atoms with Gasteiger partial charge in [-0.1, -0.05) is 6.07 Å². The van der Waals surface area contributed by atoms with Crippen molar-refractivity contribution in [2.45, 2.75) is 5.51 Å². The number of H-pyrrole nitrogens is 1. The Labute approximate surface area is 82.3 Å². The van der Waals surface area contributed by atoms with Gasteiger partial charge in [-0.3, -0.25) is 9.35 Å². The number of alkyl halides is 3. The monoisotopic (exact) mass is 245 g/mol. The smallest absolute Gasteiger partial charge is 0.329 e. The maximum absolute atomic E-state index is 10.7. The third-order valence-corrected chi connectivity index (χ3v) is 1.56. The van der Waals surface area contributed by atoms with Crippen LogP contribution < -0.4 is 5.56 Å². The molecule has 1 aromatic rings. The predicted molar refractivity (Wildman–Crippen MR) is 44.7 cm³/mol. The van der Waals surface area contributed by atoms with Gasteiger partial charge in [0.15, 0.2) is 0 Å². The van der Waals surface area contributed by atoms with Crippen molar-refractivity contribution in [3.63, 3.8) is 0 Å². The molecule has 0 aliphatic heterocycles. The molecule has 0 unspecified atom stereocenters. The van der Waals surface area contributed by atoms with Crippen LogP contribution in [0.15, 0.2) is 29.2 Å². The second-order valence-corrected chi connectivity index (χ2v) is 3.56. The van der Waals surface area contributed by atoms with E-state index in [4.69, 9.17) is 13.0 Å². The summed E-state index contributed by atoms with van der Waals surface area (Å²) in [5.74, 6) is 0. The van der Waals surface area contributed by atoms with Crippen LogP contribution in [-0.2, 0) is 10.1 Å². The minimum Gasteiger partial charge on any atom is -0.329 e. The van der Waals surface area contributed by atoms with E-state index in [2.05, 4.69) is 4.98 Å². The molecule has 0 bridgehead atoms. The molecule has 5 nitrogen and oxygen atoms in total. The first-order valence-corrected chi connectivity index (χ1v) is 4.76. The first-order chi connectivity index (χ1) is 6.64. The van der Waals surface area contributed by atoms with Crippen LogP contribution in [0.2, 0.25) is 0 Å². The molecule has 1 aromatic heterocycles. The summed E-state index contributed by atoms with van der Waals surface area (Å²) in [7, 11) is -5.84. The fourth-order valence-electron chi connectivity index (χ4n) is 0.377. The predicted octanol–water partition coefficient (Wildman–Crippen LogP) is 0.769. The standard InChI is InChI=1S/C5H5NO.CHF3O3S/c7-5-3-1-2-4-6-5;2-1(3,4)8(5,6)7/h1-4H,(H,6,7);(H,5,6,7). The lowest BCUT2D eigenvalue weighted by molar-refractivity contribution is -0.0510. The molecule has 0 aromatic carbocycles. The first kappa shape index (κ1) is 13.7. The number of halogens is 3. The van der Waals surface area contributed by atoms with Gasteiger partial charge in [-0.05, 0) is 6.07 Å². The maximum Gasteiger partial charge on any atom is 0.522 e. The van der Waals surface area contributed by atoms with E-state index >= 15 is 0 Å². The highest BCUT2D eigenvalue weighted by Gasteiger charge is 2.44. The zero-order valence-corrected chi connectivity index (χ0v) is 7.84. The molecule has 0 aliphatic carbocycles. The van der Waals surface area contributed by atoms with Crippen LogP contribution >= 0.6 is 0 Å². The lowest BCUT2D eigenvalue weighted by Gasteiger charge is -1.97. The number of pyridine rings is 1. The van der Waals surface area contributed by atoms with Crippen molar-refractivity contribution in [3.8, 4) is 0 Å². The van der Waals surface area contributed by atoms with E-state index < -0.39 is 15.6 Å². The maximum atomic E-state index is 10.7. The van der Waals surface area contributed by atoms with Gasteiger partial charge in [0.05, 0.1) is 0 Å². The summed E-state index contributed by atoms with van der Waals surface area (Å²) >= 11 is 0. The summed E-state index contributed by atoms with van der Waals surface area (Å²) in [4.78, 5) is 12.7. The Morgan fingerprint density at radius 1 is 1.27 bits per heavy atom. The molecule has 9 heteroatoms. The quantitative estimate of drug-likeness (QED) is 0.522. The van der Waals surface area contributed by atoms with Crippen molar-refractivity contribution in [2.75, 3.05) is 0 Å². The molecular weight excluding hydrogens is 239 g/mol. The summed E-state index contributed by atoms with van der Waals surface area (Å²) in [6.07, 6.45) is 1.60. The topological polar surface area (TPSA) is 87.2 Å². The van der Waals surface area contributed by atoms with Crippen LogP contribution in [-0.4, -0.2) is 23.5 Å². The molecule has 0 spiro atoms. The Kier molecular flexibility index (Phi) is 4.49. The van der Waals surface area contributed by atoms with Crippen molar-refractivity contribution in [3.05, 3.63) is 34.7 Å². The van der Waals surface area contributed by atoms with Gasteiger partial charge >= 0.3 is 15.6 Å². The van der Waals surface area contributed by atoms with Crippen LogP contribution in [0.25, 0.3) is 0 Å². The van der Waals surface area contributed by atoms with Crippen LogP contribution in [0.4, 0.5) is 13.2 Å². The number of hydrogen-bond acceptors (Lipinski definition) is 3. The second kappa shape index (κ2) is 4.94. The van der Waals surface area contributed by atoms with E-state index in [0.717, 1.165) is 0 Å². The number of nitrogens with one attached hydrogen (secondary N) is 1. The molecule has 0 saturated heterocycles. The lowest BCUT2D eigenvalue weighted by atomic mass is 10.5. The Balaban J connectivity index is 0.000000262. The molecular formula is C6H6F3NO4S. The van der Waals surface area contributed by atoms with Crippen molar-refractivity contribution in [1.82, 2.24) is 4.98 Å². The fraction of sp³-hybridized carbons (Fsp3) is 0.167. The normalized spacial score (nSPS) is 11.5. The Hall–Kier alpha value is -1.35. The van der Waals surface area contributed by atoms with E-state index in [9.17, 15) is 18.0 Å². The highest BCUT2D eigenvalue weighted by atomic mass is 32.2. The third kappa shape index (κ3) is 5.86. The third-order valence-electron chi connectivity index (χ3n) is 0.973. The van der Waals surface area contributed by atoms with Gasteiger partial charge in [-0.2, -0.15) is 21.6 Å². The van der Waals surface area contributed by atoms with Crippen LogP contribution in [0, 0.1) is 0 Å². The molecule has 15 heavy (non-hydrogen) atoms. The molecule has 86 valence electrons. The average Bonchev–Trinajstić information content (AvgIpc) is 2.02. The van der Waals surface area contributed by atoms with E-state index in [1.807, 2.05) is 0 Å². The molecule has 2 N–H and O–H groups in total. The number of rotatable bonds is 0. The Morgan fingerprint density at radius 2 is 1.73 bits per heavy atom. The lowest BCUT2D eigenvalue weighted by Crippen LogP contribution is -2.21. The number of hydrogen-bond donors (Lipinski definition) is 2. The summed E-state index contributed by atoms with van der Waals surface area (Å²) in [5, 5.41) is 0. The van der Waals surface area contributed by atoms with Gasteiger partial charge in [0, 0.05) is 12.3 Å². The molecule has 0 atom stereocenters. The summed E-state index contributed by atoms with van der Waals surface area (Å²) < 4.78 is 57.5. The van der Waals surface area contributed by atoms with E-state index in [1.54, 1.807) is 18.3 Å². The first-order valence-electron chi connectivity index (χ1n) is 3.32. The van der Waals surface area contributed by atoms with Crippen LogP contribution in [0.1, 0.15) is 0 Å². The van der Waals surface area contributed by atoms with Gasteiger partial charge in [-0.25, -0.2) is 0 Å². The SMILES string of the molecule is O=S(=O)(O)C(F)(F)F.O=c1cccc[nH]1. The van der Waals surface area contributed by atoms with Crippen molar-refractivity contribution in [2.24, 2.45) is 0 Å². The van der Waals surface area contributed by atoms with Crippen LogP contribution in [0.3, 0.4) is 0 Å². The van der Waals surface area contributed by atoms with E-state index in [0.29, 0.717) is 0 Å². The van der Waals surface area contributed by atoms with Crippen molar-refractivity contribution in [1.29, 1.82) is 0 Å². The van der Waals surface area contributed by atoms with Gasteiger partial charge in [-0.15, -0.1) is 0 Å². The zero-order valence-electron chi connectivity index (χ0n) is 7.02. The molecule has 1 rings (SSSR count). The highest BCUT2D eigenvalue weighted by Crippen LogP contribution is 2.20. The molecule has 0 fully saturated rings. The number of aromatic nitrogens is 1. The molecule has 1 heterocycles. The van der Waals surface area contributed by atoms with Crippen molar-refractivity contribution < 1.29 is 26.1 Å². The molecule has 0 amide bonds. The number of aromatic amines is 1. The highest BCUT2D eigenvalue weighted by molar-refractivity contribution is 7.86. The zero-order chi connectivity index (χ0) is 12.1. The van der Waals surface area contributed by atoms with Crippen LogP contribution in [0.5, 0.6) is 0 Å². The summed E-state index contributed by atoms with van der Waals surface area (Å²) in [5.41, 5.74) is -5.59.